The van der Waals surface area contributed by atoms with Crippen molar-refractivity contribution in [3.8, 4) is 11.3 Å². The molecule has 1 fully saturated rings. The Morgan fingerprint density at radius 1 is 1.06 bits per heavy atom. The second-order valence-electron chi connectivity index (χ2n) is 8.65. The molecular formula is C25H22N6O3. The number of nitrogens with zero attached hydrogens (tertiary/aromatic N) is 5. The summed E-state index contributed by atoms with van der Waals surface area (Å²) in [6.07, 6.45) is 3.55. The van der Waals surface area contributed by atoms with E-state index in [0.717, 1.165) is 24.1 Å². The van der Waals surface area contributed by atoms with E-state index in [1.165, 1.54) is 4.52 Å². The van der Waals surface area contributed by atoms with Crippen LogP contribution >= 0.6 is 0 Å². The van der Waals surface area contributed by atoms with Crippen LogP contribution in [0.25, 0.3) is 16.9 Å². The van der Waals surface area contributed by atoms with Crippen molar-refractivity contribution in [1.29, 1.82) is 0 Å². The van der Waals surface area contributed by atoms with Gasteiger partial charge in [0.25, 0.3) is 11.5 Å². The molecule has 1 aliphatic heterocycles. The molecule has 34 heavy (non-hydrogen) atoms. The van der Waals surface area contributed by atoms with Crippen molar-refractivity contribution >= 4 is 17.5 Å². The number of rotatable bonds is 6. The van der Waals surface area contributed by atoms with E-state index in [4.69, 9.17) is 0 Å². The summed E-state index contributed by atoms with van der Waals surface area (Å²) in [5.74, 6) is -0.476. The minimum Gasteiger partial charge on any atom is -0.349 e. The van der Waals surface area contributed by atoms with Gasteiger partial charge in [0.2, 0.25) is 5.91 Å². The van der Waals surface area contributed by atoms with Crippen LogP contribution < -0.4 is 10.9 Å². The molecule has 1 N–H and O–H groups in total. The van der Waals surface area contributed by atoms with Crippen molar-refractivity contribution in [2.24, 2.45) is 0 Å². The highest BCUT2D eigenvalue weighted by Crippen LogP contribution is 2.34. The van der Waals surface area contributed by atoms with Gasteiger partial charge in [-0.15, -0.1) is 0 Å². The van der Waals surface area contributed by atoms with Crippen molar-refractivity contribution in [2.75, 3.05) is 0 Å². The largest absolute Gasteiger partial charge is 0.349 e. The van der Waals surface area contributed by atoms with Gasteiger partial charge < -0.3 is 14.8 Å². The van der Waals surface area contributed by atoms with Crippen molar-refractivity contribution in [3.05, 3.63) is 88.1 Å². The maximum atomic E-state index is 13.3. The first-order chi connectivity index (χ1) is 16.6. The molecule has 1 saturated carbocycles. The third-order valence-corrected chi connectivity index (χ3v) is 6.32. The van der Waals surface area contributed by atoms with Crippen LogP contribution in [0.3, 0.4) is 0 Å². The van der Waals surface area contributed by atoms with Gasteiger partial charge in [0, 0.05) is 23.9 Å². The molecule has 4 aromatic rings. The third kappa shape index (κ3) is 3.45. The van der Waals surface area contributed by atoms with Gasteiger partial charge in [-0.25, -0.2) is 0 Å². The number of benzene rings is 1. The molecule has 1 aliphatic carbocycles. The standard InChI is InChI=1S/C25H22N6O3/c32-21(27-13-17-8-4-5-11-26-17)15-30-22-12-20(16-6-2-1-3-7-16)28-31(22)24(33)19-14-29(18-9-10-18)25(34)23(19)30/h1-8,11-12,18H,9-10,13-15H2,(H,27,32). The predicted molar refractivity (Wildman–Crippen MR) is 124 cm³/mol. The summed E-state index contributed by atoms with van der Waals surface area (Å²) in [7, 11) is 0. The molecule has 0 atom stereocenters. The number of amides is 2. The first-order valence-corrected chi connectivity index (χ1v) is 11.3. The Labute approximate surface area is 194 Å². The highest BCUT2D eigenvalue weighted by atomic mass is 16.2. The Morgan fingerprint density at radius 3 is 2.59 bits per heavy atom. The van der Waals surface area contributed by atoms with E-state index >= 15 is 0 Å². The summed E-state index contributed by atoms with van der Waals surface area (Å²) in [4.78, 5) is 45.6. The number of carbonyl (C=O) groups is 2. The molecule has 170 valence electrons. The molecule has 0 bridgehead atoms. The molecule has 2 aliphatic rings. The highest BCUT2D eigenvalue weighted by Gasteiger charge is 2.42. The lowest BCUT2D eigenvalue weighted by Crippen LogP contribution is -2.33. The molecule has 4 heterocycles. The number of nitrogens with one attached hydrogen (secondary N) is 1. The SMILES string of the molecule is O=C(Cn1c2c(c(=O)n3nc(-c4ccccc4)cc13)CN(C1CC1)C2=O)NCc1ccccn1. The van der Waals surface area contributed by atoms with Crippen LogP contribution in [0.15, 0.2) is 65.6 Å². The zero-order valence-corrected chi connectivity index (χ0v) is 18.3. The Kier molecular flexibility index (Phi) is 4.75. The van der Waals surface area contributed by atoms with Gasteiger partial charge in [0.05, 0.1) is 30.0 Å². The Bertz CT molecular complexity index is 1470. The van der Waals surface area contributed by atoms with Crippen molar-refractivity contribution in [2.45, 2.75) is 38.5 Å². The molecular weight excluding hydrogens is 432 g/mol. The predicted octanol–water partition coefficient (Wildman–Crippen LogP) is 1.99. The van der Waals surface area contributed by atoms with Gasteiger partial charge in [-0.2, -0.15) is 9.61 Å². The van der Waals surface area contributed by atoms with Gasteiger partial charge in [0.1, 0.15) is 17.9 Å². The number of fused-ring (bicyclic) bond motifs is 2. The smallest absolute Gasteiger partial charge is 0.280 e. The van der Waals surface area contributed by atoms with Crippen LogP contribution in [0.4, 0.5) is 0 Å². The van der Waals surface area contributed by atoms with Crippen LogP contribution in [0.2, 0.25) is 0 Å². The van der Waals surface area contributed by atoms with Crippen LogP contribution in [0, 0.1) is 0 Å². The summed E-state index contributed by atoms with van der Waals surface area (Å²) >= 11 is 0. The lowest BCUT2D eigenvalue weighted by molar-refractivity contribution is -0.121. The number of aromatic nitrogens is 4. The number of carbonyl (C=O) groups excluding carboxylic acids is 2. The van der Waals surface area contributed by atoms with E-state index in [1.807, 2.05) is 48.5 Å². The van der Waals surface area contributed by atoms with E-state index in [2.05, 4.69) is 15.4 Å². The molecule has 3 aromatic heterocycles. The van der Waals surface area contributed by atoms with E-state index in [-0.39, 0.29) is 48.7 Å². The molecule has 0 unspecified atom stereocenters. The topological polar surface area (TPSA) is 102 Å². The van der Waals surface area contributed by atoms with Crippen molar-refractivity contribution < 1.29 is 9.59 Å². The quantitative estimate of drug-likeness (QED) is 0.480. The van der Waals surface area contributed by atoms with Gasteiger partial charge in [-0.1, -0.05) is 36.4 Å². The fraction of sp³-hybridized carbons (Fsp3) is 0.240. The summed E-state index contributed by atoms with van der Waals surface area (Å²) in [6, 6.07) is 16.9. The second kappa shape index (κ2) is 7.95. The average Bonchev–Trinajstić information content (AvgIpc) is 3.51. The first kappa shape index (κ1) is 20.3. The van der Waals surface area contributed by atoms with E-state index in [0.29, 0.717) is 16.9 Å². The Balaban J connectivity index is 1.42. The van der Waals surface area contributed by atoms with Gasteiger partial charge in [-0.3, -0.25) is 19.4 Å². The summed E-state index contributed by atoms with van der Waals surface area (Å²) in [5.41, 5.74) is 2.98. The van der Waals surface area contributed by atoms with Gasteiger partial charge >= 0.3 is 0 Å². The second-order valence-corrected chi connectivity index (χ2v) is 8.65. The number of hydrogen-bond donors (Lipinski definition) is 1. The van der Waals surface area contributed by atoms with Crippen LogP contribution in [0.1, 0.15) is 34.6 Å². The Morgan fingerprint density at radius 2 is 1.85 bits per heavy atom. The van der Waals surface area contributed by atoms with Crippen molar-refractivity contribution in [1.82, 2.24) is 29.4 Å². The fourth-order valence-corrected chi connectivity index (χ4v) is 4.47. The number of pyridine rings is 1. The van der Waals surface area contributed by atoms with E-state index in [9.17, 15) is 14.4 Å². The monoisotopic (exact) mass is 454 g/mol. The summed E-state index contributed by atoms with van der Waals surface area (Å²) < 4.78 is 2.95. The van der Waals surface area contributed by atoms with E-state index < -0.39 is 0 Å². The third-order valence-electron chi connectivity index (χ3n) is 6.32. The Hall–Kier alpha value is -4.27. The first-order valence-electron chi connectivity index (χ1n) is 11.3. The minimum atomic E-state index is -0.311. The van der Waals surface area contributed by atoms with Crippen LogP contribution in [0.5, 0.6) is 0 Å². The molecule has 1 aromatic carbocycles. The molecule has 2 amide bonds. The lowest BCUT2D eigenvalue weighted by Gasteiger charge is -2.15. The maximum Gasteiger partial charge on any atom is 0.280 e. The molecule has 9 heteroatoms. The minimum absolute atomic E-state index is 0.108. The lowest BCUT2D eigenvalue weighted by atomic mass is 10.1. The van der Waals surface area contributed by atoms with Crippen LogP contribution in [-0.2, 0) is 24.4 Å². The maximum absolute atomic E-state index is 13.3. The average molecular weight is 454 g/mol. The highest BCUT2D eigenvalue weighted by molar-refractivity contribution is 5.98. The van der Waals surface area contributed by atoms with E-state index in [1.54, 1.807) is 21.7 Å². The summed E-state index contributed by atoms with van der Waals surface area (Å²) in [5, 5.41) is 7.41. The molecule has 9 nitrogen and oxygen atoms in total. The molecule has 6 rings (SSSR count). The summed E-state index contributed by atoms with van der Waals surface area (Å²) in [6.45, 7) is 0.418. The normalized spacial score (nSPS) is 15.1. The fourth-order valence-electron chi connectivity index (χ4n) is 4.47. The molecule has 0 saturated heterocycles. The number of hydrogen-bond acceptors (Lipinski definition) is 5. The van der Waals surface area contributed by atoms with Crippen molar-refractivity contribution in [3.63, 3.8) is 0 Å². The molecule has 0 spiro atoms. The molecule has 0 radical (unpaired) electrons. The zero-order chi connectivity index (χ0) is 23.2. The van der Waals surface area contributed by atoms with Crippen LogP contribution in [-0.4, -0.2) is 41.9 Å². The van der Waals surface area contributed by atoms with Gasteiger partial charge in [0.15, 0.2) is 0 Å². The zero-order valence-electron chi connectivity index (χ0n) is 18.3. The van der Waals surface area contributed by atoms with Gasteiger partial charge in [-0.05, 0) is 25.0 Å².